The van der Waals surface area contributed by atoms with E-state index in [0.717, 1.165) is 11.4 Å². The topological polar surface area (TPSA) is 76.3 Å². The fourth-order valence-corrected chi connectivity index (χ4v) is 3.78. The third kappa shape index (κ3) is 8.64. The van der Waals surface area contributed by atoms with Gasteiger partial charge >= 0.3 is 0 Å². The average molecular weight is 589 g/mol. The van der Waals surface area contributed by atoms with E-state index in [2.05, 4.69) is 10.3 Å². The van der Waals surface area contributed by atoms with Gasteiger partial charge in [-0.1, -0.05) is 51.6 Å². The molecule has 37 heavy (non-hydrogen) atoms. The highest BCUT2D eigenvalue weighted by Gasteiger charge is 2.15. The van der Waals surface area contributed by atoms with Crippen molar-refractivity contribution in [2.45, 2.75) is 13.3 Å². The Morgan fingerprint density at radius 3 is 2.32 bits per heavy atom. The van der Waals surface area contributed by atoms with Crippen LogP contribution in [0, 0.1) is 6.92 Å². The van der Waals surface area contributed by atoms with Crippen LogP contribution in [0.1, 0.15) is 17.7 Å². The van der Waals surface area contributed by atoms with Crippen molar-refractivity contribution in [2.75, 3.05) is 26.9 Å². The van der Waals surface area contributed by atoms with Gasteiger partial charge in [0.2, 0.25) is 5.88 Å². The summed E-state index contributed by atoms with van der Waals surface area (Å²) in [5.74, 6) is 2.75. The zero-order valence-electron chi connectivity index (χ0n) is 20.3. The second-order valence-electron chi connectivity index (χ2n) is 7.50. The Hall–Kier alpha value is -2.78. The second-order valence-corrected chi connectivity index (χ2v) is 9.32. The predicted molar refractivity (Wildman–Crippen MR) is 146 cm³/mol. The van der Waals surface area contributed by atoms with Crippen LogP contribution in [0.5, 0.6) is 28.9 Å². The minimum absolute atomic E-state index is 0.113. The van der Waals surface area contributed by atoms with Crippen molar-refractivity contribution in [1.29, 1.82) is 0 Å². The molecule has 0 aliphatic carbocycles. The number of ether oxygens (including phenoxy) is 4. The van der Waals surface area contributed by atoms with Gasteiger partial charge in [0.1, 0.15) is 35.0 Å². The molecule has 0 aliphatic rings. The smallest absolute Gasteiger partial charge is 0.226 e. The summed E-state index contributed by atoms with van der Waals surface area (Å²) in [5, 5.41) is 9.09. The zero-order chi connectivity index (χ0) is 26.8. The molecule has 0 fully saturated rings. The molecule has 0 spiro atoms. The van der Waals surface area contributed by atoms with Crippen molar-refractivity contribution < 1.29 is 23.8 Å². The number of oxime groups is 1. The van der Waals surface area contributed by atoms with Gasteiger partial charge in [0.05, 0.1) is 41.2 Å². The molecule has 0 N–H and O–H groups in total. The van der Waals surface area contributed by atoms with Crippen LogP contribution < -0.4 is 18.9 Å². The molecule has 12 heteroatoms. The number of nitrogens with zero attached hydrogens (tertiary/aromatic N) is 3. The predicted octanol–water partition coefficient (Wildman–Crippen LogP) is 7.35. The van der Waals surface area contributed by atoms with Crippen molar-refractivity contribution in [3.05, 3.63) is 68.3 Å². The normalized spacial score (nSPS) is 10.9. The van der Waals surface area contributed by atoms with Gasteiger partial charge in [-0.3, -0.25) is 0 Å². The van der Waals surface area contributed by atoms with Gasteiger partial charge in [-0.05, 0) is 37.3 Å². The van der Waals surface area contributed by atoms with Crippen molar-refractivity contribution in [1.82, 2.24) is 9.78 Å². The van der Waals surface area contributed by atoms with E-state index in [0.29, 0.717) is 58.4 Å². The van der Waals surface area contributed by atoms with Gasteiger partial charge in [-0.25, -0.2) is 4.68 Å². The van der Waals surface area contributed by atoms with Gasteiger partial charge in [0.15, 0.2) is 5.75 Å². The first-order chi connectivity index (χ1) is 17.8. The maximum absolute atomic E-state index is 6.27. The van der Waals surface area contributed by atoms with Gasteiger partial charge < -0.3 is 23.8 Å². The Bertz CT molecular complexity index is 1220. The molecule has 0 unspecified atom stereocenters. The Morgan fingerprint density at radius 2 is 1.68 bits per heavy atom. The zero-order valence-corrected chi connectivity index (χ0v) is 23.4. The molecule has 3 rings (SSSR count). The summed E-state index contributed by atoms with van der Waals surface area (Å²) in [6.45, 7) is 2.67. The lowest BCUT2D eigenvalue weighted by molar-refractivity contribution is 0.129. The van der Waals surface area contributed by atoms with E-state index in [1.165, 1.54) is 6.08 Å². The molecular formula is C25H25Cl4N3O5. The summed E-state index contributed by atoms with van der Waals surface area (Å²) >= 11 is 23.7. The molecule has 0 saturated carbocycles. The fourth-order valence-electron chi connectivity index (χ4n) is 3.08. The molecule has 3 aromatic rings. The van der Waals surface area contributed by atoms with Crippen LogP contribution >= 0.6 is 46.4 Å². The lowest BCUT2D eigenvalue weighted by Gasteiger charge is -2.12. The van der Waals surface area contributed by atoms with Crippen LogP contribution in [-0.2, 0) is 11.9 Å². The third-order valence-corrected chi connectivity index (χ3v) is 5.70. The molecule has 2 aromatic carbocycles. The Kier molecular flexibility index (Phi) is 11.1. The summed E-state index contributed by atoms with van der Waals surface area (Å²) < 4.78 is 24.1. The fraction of sp³-hybridized carbons (Fsp3) is 0.280. The molecule has 1 aromatic heterocycles. The molecule has 0 atom stereocenters. The summed E-state index contributed by atoms with van der Waals surface area (Å²) in [6, 6.07) is 10.5. The minimum atomic E-state index is 0.113. The van der Waals surface area contributed by atoms with Gasteiger partial charge in [-0.15, -0.1) is 0 Å². The molecule has 0 amide bonds. The first-order valence-electron chi connectivity index (χ1n) is 11.0. The van der Waals surface area contributed by atoms with E-state index in [1.54, 1.807) is 37.2 Å². The number of methoxy groups -OCH3 is 1. The van der Waals surface area contributed by atoms with E-state index < -0.39 is 0 Å². The molecule has 1 heterocycles. The standard InChI is InChI=1S/C25H25Cl4N3O5/c1-16-20(25(32(2)31-16)37-18-7-5-17(33-3)6-8-18)15-30-36-11-4-10-35-24-21(26)13-19(14-22(24)27)34-12-9-23(28)29/h5-9,13-15H,4,10-12H2,1-3H3/b30-15+. The number of aryl methyl sites for hydroxylation is 2. The van der Waals surface area contributed by atoms with Crippen LogP contribution in [0.4, 0.5) is 0 Å². The first kappa shape index (κ1) is 28.8. The maximum atomic E-state index is 6.27. The van der Waals surface area contributed by atoms with Crippen molar-refractivity contribution in [3.8, 4) is 28.9 Å². The van der Waals surface area contributed by atoms with E-state index in [9.17, 15) is 0 Å². The highest BCUT2D eigenvalue weighted by atomic mass is 35.5. The second kappa shape index (κ2) is 14.2. The van der Waals surface area contributed by atoms with Crippen molar-refractivity contribution in [3.63, 3.8) is 0 Å². The number of halogens is 4. The highest BCUT2D eigenvalue weighted by Crippen LogP contribution is 2.37. The van der Waals surface area contributed by atoms with Crippen LogP contribution in [0.2, 0.25) is 10.0 Å². The summed E-state index contributed by atoms with van der Waals surface area (Å²) in [7, 11) is 3.40. The van der Waals surface area contributed by atoms with Crippen LogP contribution in [0.3, 0.4) is 0 Å². The molecule has 8 nitrogen and oxygen atoms in total. The SMILES string of the molecule is COc1ccc(Oc2c(/C=N/OCCCOc3c(Cl)cc(OCC=C(Cl)Cl)cc3Cl)c(C)nn2C)cc1. The molecule has 0 aliphatic heterocycles. The number of benzene rings is 2. The molecule has 198 valence electrons. The molecule has 0 bridgehead atoms. The number of rotatable bonds is 13. The van der Waals surface area contributed by atoms with Gasteiger partial charge in [-0.2, -0.15) is 5.10 Å². The lowest BCUT2D eigenvalue weighted by atomic mass is 10.3. The minimum Gasteiger partial charge on any atom is -0.497 e. The maximum Gasteiger partial charge on any atom is 0.226 e. The van der Waals surface area contributed by atoms with Gasteiger partial charge in [0, 0.05) is 25.6 Å². The summed E-state index contributed by atoms with van der Waals surface area (Å²) in [5.41, 5.74) is 1.46. The van der Waals surface area contributed by atoms with E-state index in [-0.39, 0.29) is 11.1 Å². The van der Waals surface area contributed by atoms with E-state index in [1.807, 2.05) is 31.2 Å². The molecule has 0 saturated heterocycles. The van der Waals surface area contributed by atoms with Gasteiger partial charge in [0.25, 0.3) is 0 Å². The number of hydrogen-bond acceptors (Lipinski definition) is 7. The first-order valence-corrected chi connectivity index (χ1v) is 12.6. The van der Waals surface area contributed by atoms with Crippen LogP contribution in [-0.4, -0.2) is 42.9 Å². The van der Waals surface area contributed by atoms with Crippen LogP contribution in [0.15, 0.2) is 52.1 Å². The van der Waals surface area contributed by atoms with E-state index >= 15 is 0 Å². The summed E-state index contributed by atoms with van der Waals surface area (Å²) in [4.78, 5) is 5.39. The largest absolute Gasteiger partial charge is 0.497 e. The average Bonchev–Trinajstić information content (AvgIpc) is 3.12. The van der Waals surface area contributed by atoms with Crippen molar-refractivity contribution >= 4 is 52.6 Å². The van der Waals surface area contributed by atoms with E-state index in [4.69, 9.17) is 70.2 Å². The van der Waals surface area contributed by atoms with Crippen LogP contribution in [0.25, 0.3) is 0 Å². The Labute approximate surface area is 235 Å². The third-order valence-electron chi connectivity index (χ3n) is 4.83. The van der Waals surface area contributed by atoms with Crippen molar-refractivity contribution in [2.24, 2.45) is 12.2 Å². The Balaban J connectivity index is 1.48. The quantitative estimate of drug-likeness (QED) is 0.118. The lowest BCUT2D eigenvalue weighted by Crippen LogP contribution is -2.03. The highest BCUT2D eigenvalue weighted by molar-refractivity contribution is 6.55. The number of hydrogen-bond donors (Lipinski definition) is 0. The number of aromatic nitrogens is 2. The molecule has 0 radical (unpaired) electrons. The summed E-state index contributed by atoms with van der Waals surface area (Å²) in [6.07, 6.45) is 3.62. The Morgan fingerprint density at radius 1 is 1.00 bits per heavy atom. The monoisotopic (exact) mass is 587 g/mol. The molecular weight excluding hydrogens is 564 g/mol.